The van der Waals surface area contributed by atoms with E-state index in [-0.39, 0.29) is 0 Å². The Morgan fingerprint density at radius 2 is 2.15 bits per heavy atom. The van der Waals surface area contributed by atoms with E-state index in [2.05, 4.69) is 0 Å². The van der Waals surface area contributed by atoms with E-state index in [1.807, 2.05) is 43.3 Å². The van der Waals surface area contributed by atoms with Gasteiger partial charge in [-0.1, -0.05) is 18.2 Å². The number of nitrogens with two attached hydrogens (primary N) is 1. The van der Waals surface area contributed by atoms with Gasteiger partial charge in [-0.2, -0.15) is 0 Å². The normalized spacial score (nSPS) is 12.2. The van der Waals surface area contributed by atoms with E-state index in [0.29, 0.717) is 0 Å². The molecule has 0 unspecified atom stereocenters. The number of rotatable bonds is 1. The Labute approximate surface area is 76.7 Å². The summed E-state index contributed by atoms with van der Waals surface area (Å²) in [5.74, 6) is 0.807. The summed E-state index contributed by atoms with van der Waals surface area (Å²) in [6, 6.07) is 9.88. The molecule has 2 rings (SSSR count). The highest BCUT2D eigenvalue weighted by molar-refractivity contribution is 5.79. The number of para-hydroxylation sites is 1. The van der Waals surface area contributed by atoms with E-state index < -0.39 is 0 Å². The third kappa shape index (κ3) is 1.56. The van der Waals surface area contributed by atoms with Crippen LogP contribution in [0.15, 0.2) is 40.4 Å². The molecule has 0 radical (unpaired) electrons. The van der Waals surface area contributed by atoms with Gasteiger partial charge >= 0.3 is 0 Å². The molecule has 0 saturated heterocycles. The second-order valence-corrected chi connectivity index (χ2v) is 3.07. The van der Waals surface area contributed by atoms with Crippen molar-refractivity contribution in [3.8, 4) is 0 Å². The van der Waals surface area contributed by atoms with E-state index in [1.165, 1.54) is 0 Å². The first-order valence-electron chi connectivity index (χ1n) is 4.18. The van der Waals surface area contributed by atoms with Crippen LogP contribution in [0.25, 0.3) is 17.0 Å². The van der Waals surface area contributed by atoms with Gasteiger partial charge in [0.15, 0.2) is 0 Å². The minimum Gasteiger partial charge on any atom is -0.457 e. The van der Waals surface area contributed by atoms with Gasteiger partial charge in [-0.05, 0) is 25.1 Å². The van der Waals surface area contributed by atoms with Crippen LogP contribution in [0.2, 0.25) is 0 Å². The molecule has 0 atom stereocenters. The summed E-state index contributed by atoms with van der Waals surface area (Å²) in [4.78, 5) is 0. The second kappa shape index (κ2) is 2.98. The fourth-order valence-electron chi connectivity index (χ4n) is 1.30. The maximum Gasteiger partial charge on any atom is 0.134 e. The molecular weight excluding hydrogens is 162 g/mol. The fraction of sp³-hybridized carbons (Fsp3) is 0.0909. The van der Waals surface area contributed by atoms with Gasteiger partial charge in [0.05, 0.1) is 0 Å². The van der Waals surface area contributed by atoms with Crippen LogP contribution in [0.1, 0.15) is 12.7 Å². The van der Waals surface area contributed by atoms with Crippen molar-refractivity contribution in [3.05, 3.63) is 41.8 Å². The van der Waals surface area contributed by atoms with Crippen molar-refractivity contribution >= 4 is 17.0 Å². The summed E-state index contributed by atoms with van der Waals surface area (Å²) in [6.45, 7) is 1.84. The smallest absolute Gasteiger partial charge is 0.134 e. The highest BCUT2D eigenvalue weighted by Gasteiger charge is 1.99. The van der Waals surface area contributed by atoms with Gasteiger partial charge in [-0.25, -0.2) is 0 Å². The molecule has 1 aromatic carbocycles. The average molecular weight is 173 g/mol. The number of benzene rings is 1. The van der Waals surface area contributed by atoms with Gasteiger partial charge in [0, 0.05) is 11.1 Å². The van der Waals surface area contributed by atoms with Crippen LogP contribution in [0.5, 0.6) is 0 Å². The Bertz CT molecular complexity index is 417. The van der Waals surface area contributed by atoms with Gasteiger partial charge in [-0.3, -0.25) is 0 Å². The molecule has 0 aliphatic rings. The Hall–Kier alpha value is -1.70. The summed E-state index contributed by atoms with van der Waals surface area (Å²) >= 11 is 0. The molecule has 0 spiro atoms. The van der Waals surface area contributed by atoms with E-state index in [1.54, 1.807) is 0 Å². The van der Waals surface area contributed by atoms with Crippen LogP contribution < -0.4 is 5.73 Å². The lowest BCUT2D eigenvalue weighted by molar-refractivity contribution is 0.603. The molecule has 2 N–H and O–H groups in total. The van der Waals surface area contributed by atoms with Gasteiger partial charge in [0.1, 0.15) is 11.3 Å². The predicted molar refractivity (Wildman–Crippen MR) is 54.1 cm³/mol. The number of fused-ring (bicyclic) bond motifs is 1. The lowest BCUT2D eigenvalue weighted by Gasteiger charge is -1.86. The third-order valence-corrected chi connectivity index (χ3v) is 1.81. The molecule has 0 fully saturated rings. The van der Waals surface area contributed by atoms with Crippen molar-refractivity contribution in [3.63, 3.8) is 0 Å². The summed E-state index contributed by atoms with van der Waals surface area (Å²) in [5.41, 5.74) is 7.19. The van der Waals surface area contributed by atoms with E-state index in [0.717, 1.165) is 22.4 Å². The fourth-order valence-corrected chi connectivity index (χ4v) is 1.30. The van der Waals surface area contributed by atoms with Gasteiger partial charge < -0.3 is 10.2 Å². The number of hydrogen-bond acceptors (Lipinski definition) is 2. The highest BCUT2D eigenvalue weighted by atomic mass is 16.3. The van der Waals surface area contributed by atoms with Gasteiger partial charge in [0.25, 0.3) is 0 Å². The van der Waals surface area contributed by atoms with Crippen molar-refractivity contribution in [2.45, 2.75) is 6.92 Å². The Balaban J connectivity index is 2.56. The van der Waals surface area contributed by atoms with Gasteiger partial charge in [0.2, 0.25) is 0 Å². The zero-order valence-corrected chi connectivity index (χ0v) is 7.45. The van der Waals surface area contributed by atoms with Crippen molar-refractivity contribution in [2.75, 3.05) is 0 Å². The SMILES string of the molecule is C/C(N)=C\c1cc2ccccc2o1. The molecule has 0 saturated carbocycles. The van der Waals surface area contributed by atoms with Crippen molar-refractivity contribution in [1.82, 2.24) is 0 Å². The summed E-state index contributed by atoms with van der Waals surface area (Å²) in [6.07, 6.45) is 1.82. The Kier molecular flexibility index (Phi) is 1.81. The Morgan fingerprint density at radius 1 is 1.38 bits per heavy atom. The third-order valence-electron chi connectivity index (χ3n) is 1.81. The van der Waals surface area contributed by atoms with Gasteiger partial charge in [-0.15, -0.1) is 0 Å². The average Bonchev–Trinajstić information content (AvgIpc) is 2.44. The van der Waals surface area contributed by atoms with E-state index in [4.69, 9.17) is 10.2 Å². The molecular formula is C11H11NO. The molecule has 0 aliphatic carbocycles. The molecule has 1 aromatic heterocycles. The summed E-state index contributed by atoms with van der Waals surface area (Å²) in [5, 5.41) is 1.11. The van der Waals surface area contributed by atoms with Crippen LogP contribution in [-0.4, -0.2) is 0 Å². The minimum absolute atomic E-state index is 0.749. The molecule has 66 valence electrons. The minimum atomic E-state index is 0.749. The number of furan rings is 1. The molecule has 2 nitrogen and oxygen atoms in total. The van der Waals surface area contributed by atoms with Crippen molar-refractivity contribution in [2.24, 2.45) is 5.73 Å². The molecule has 0 amide bonds. The van der Waals surface area contributed by atoms with Crippen LogP contribution in [0.4, 0.5) is 0 Å². The summed E-state index contributed by atoms with van der Waals surface area (Å²) in [7, 11) is 0. The first kappa shape index (κ1) is 7.92. The number of allylic oxidation sites excluding steroid dienone is 1. The van der Waals surface area contributed by atoms with E-state index in [9.17, 15) is 0 Å². The van der Waals surface area contributed by atoms with E-state index >= 15 is 0 Å². The predicted octanol–water partition coefficient (Wildman–Crippen LogP) is 2.75. The standard InChI is InChI=1S/C11H11NO/c1-8(12)6-10-7-9-4-2-3-5-11(9)13-10/h2-7H,12H2,1H3/b8-6+. The molecule has 0 aliphatic heterocycles. The topological polar surface area (TPSA) is 39.2 Å². The zero-order chi connectivity index (χ0) is 9.26. The molecule has 1 heterocycles. The van der Waals surface area contributed by atoms with Crippen LogP contribution in [-0.2, 0) is 0 Å². The van der Waals surface area contributed by atoms with Crippen molar-refractivity contribution < 1.29 is 4.42 Å². The first-order chi connectivity index (χ1) is 6.25. The molecule has 0 bridgehead atoms. The second-order valence-electron chi connectivity index (χ2n) is 3.07. The highest BCUT2D eigenvalue weighted by Crippen LogP contribution is 2.19. The van der Waals surface area contributed by atoms with Crippen LogP contribution >= 0.6 is 0 Å². The lowest BCUT2D eigenvalue weighted by Crippen LogP contribution is -1.88. The quantitative estimate of drug-likeness (QED) is 0.720. The first-order valence-corrected chi connectivity index (χ1v) is 4.18. The largest absolute Gasteiger partial charge is 0.457 e. The molecule has 2 aromatic rings. The monoisotopic (exact) mass is 173 g/mol. The lowest BCUT2D eigenvalue weighted by atomic mass is 10.2. The maximum absolute atomic E-state index is 5.55. The maximum atomic E-state index is 5.55. The summed E-state index contributed by atoms with van der Waals surface area (Å²) < 4.78 is 5.52. The van der Waals surface area contributed by atoms with Crippen molar-refractivity contribution in [1.29, 1.82) is 0 Å². The number of hydrogen-bond donors (Lipinski definition) is 1. The van der Waals surface area contributed by atoms with Crippen LogP contribution in [0, 0.1) is 0 Å². The zero-order valence-electron chi connectivity index (χ0n) is 7.45. The molecule has 2 heteroatoms. The molecule has 13 heavy (non-hydrogen) atoms. The Morgan fingerprint density at radius 3 is 2.85 bits per heavy atom. The van der Waals surface area contributed by atoms with Crippen LogP contribution in [0.3, 0.4) is 0 Å².